The summed E-state index contributed by atoms with van der Waals surface area (Å²) in [7, 11) is -0.205. The molecule has 0 atom stereocenters. The molecule has 1 amide bonds. The molecule has 18 heavy (non-hydrogen) atoms. The third-order valence-electron chi connectivity index (χ3n) is 3.36. The summed E-state index contributed by atoms with van der Waals surface area (Å²) in [6.07, 6.45) is 6.62. The van der Waals surface area contributed by atoms with E-state index in [4.69, 9.17) is 9.31 Å². The standard InChI is InChI=1S/C13H26BNO3/c1-3-9-15-13(16)8-11-18-14(2)17-10-7-12-5-4-6-12/h12H,3-11H2,1-2H3,(H,15,16). The average Bonchev–Trinajstić information content (AvgIpc) is 2.29. The molecule has 0 unspecified atom stereocenters. The van der Waals surface area contributed by atoms with Crippen molar-refractivity contribution in [2.45, 2.75) is 52.3 Å². The molecule has 104 valence electrons. The first-order valence-corrected chi connectivity index (χ1v) is 7.22. The maximum atomic E-state index is 11.3. The largest absolute Gasteiger partial charge is 0.453 e. The van der Waals surface area contributed by atoms with Crippen molar-refractivity contribution in [2.24, 2.45) is 5.92 Å². The van der Waals surface area contributed by atoms with Crippen molar-refractivity contribution < 1.29 is 14.1 Å². The van der Waals surface area contributed by atoms with Gasteiger partial charge in [-0.25, -0.2) is 0 Å². The Kier molecular flexibility index (Phi) is 8.10. The number of rotatable bonds is 10. The molecule has 1 fully saturated rings. The van der Waals surface area contributed by atoms with Crippen LogP contribution in [0.25, 0.3) is 0 Å². The molecule has 4 nitrogen and oxygen atoms in total. The average molecular weight is 255 g/mol. The first kappa shape index (κ1) is 15.5. The summed E-state index contributed by atoms with van der Waals surface area (Å²) < 4.78 is 11.0. The van der Waals surface area contributed by atoms with Crippen molar-refractivity contribution in [1.82, 2.24) is 5.32 Å². The maximum absolute atomic E-state index is 11.3. The lowest BCUT2D eigenvalue weighted by Crippen LogP contribution is -2.27. The zero-order valence-corrected chi connectivity index (χ0v) is 11.7. The molecule has 0 aromatic rings. The fourth-order valence-electron chi connectivity index (χ4n) is 1.90. The van der Waals surface area contributed by atoms with Crippen LogP contribution in [0.1, 0.15) is 45.4 Å². The Bertz CT molecular complexity index is 234. The first-order chi connectivity index (χ1) is 8.72. The third-order valence-corrected chi connectivity index (χ3v) is 3.36. The van der Waals surface area contributed by atoms with Gasteiger partial charge in [-0.15, -0.1) is 0 Å². The summed E-state index contributed by atoms with van der Waals surface area (Å²) in [6.45, 7) is 5.87. The van der Waals surface area contributed by atoms with Crippen molar-refractivity contribution in [1.29, 1.82) is 0 Å². The van der Waals surface area contributed by atoms with E-state index in [1.54, 1.807) is 0 Å². The van der Waals surface area contributed by atoms with E-state index in [0.29, 0.717) is 13.0 Å². The summed E-state index contributed by atoms with van der Waals surface area (Å²) in [5.41, 5.74) is 0. The second-order valence-electron chi connectivity index (χ2n) is 4.99. The van der Waals surface area contributed by atoms with Gasteiger partial charge >= 0.3 is 7.12 Å². The molecule has 1 aliphatic carbocycles. The molecular weight excluding hydrogens is 229 g/mol. The predicted molar refractivity (Wildman–Crippen MR) is 73.4 cm³/mol. The van der Waals surface area contributed by atoms with E-state index in [0.717, 1.165) is 31.9 Å². The second-order valence-corrected chi connectivity index (χ2v) is 4.99. The Morgan fingerprint density at radius 3 is 2.67 bits per heavy atom. The van der Waals surface area contributed by atoms with E-state index in [2.05, 4.69) is 5.32 Å². The van der Waals surface area contributed by atoms with Crippen molar-refractivity contribution in [3.63, 3.8) is 0 Å². The van der Waals surface area contributed by atoms with Crippen molar-refractivity contribution >= 4 is 13.0 Å². The highest BCUT2D eigenvalue weighted by Crippen LogP contribution is 2.29. The number of carbonyl (C=O) groups is 1. The Balaban J connectivity index is 1.88. The smallest absolute Gasteiger partial charge is 0.411 e. The van der Waals surface area contributed by atoms with E-state index >= 15 is 0 Å². The lowest BCUT2D eigenvalue weighted by atomic mass is 9.83. The minimum Gasteiger partial charge on any atom is -0.411 e. The fraction of sp³-hybridized carbons (Fsp3) is 0.923. The molecule has 1 rings (SSSR count). The van der Waals surface area contributed by atoms with Gasteiger partial charge in [0.25, 0.3) is 0 Å². The van der Waals surface area contributed by atoms with Crippen LogP contribution in [0.3, 0.4) is 0 Å². The molecule has 0 aromatic heterocycles. The molecule has 1 aliphatic rings. The fourth-order valence-corrected chi connectivity index (χ4v) is 1.90. The van der Waals surface area contributed by atoms with Crippen LogP contribution in [-0.4, -0.2) is 32.8 Å². The van der Waals surface area contributed by atoms with Crippen molar-refractivity contribution in [3.05, 3.63) is 0 Å². The molecule has 5 heteroatoms. The molecule has 0 aromatic carbocycles. The van der Waals surface area contributed by atoms with Gasteiger partial charge in [-0.05, 0) is 25.6 Å². The minimum absolute atomic E-state index is 0.0542. The second kappa shape index (κ2) is 9.39. The SMILES string of the molecule is CCCNC(=O)CCOB(C)OCCC1CCC1. The van der Waals surface area contributed by atoms with Gasteiger partial charge < -0.3 is 14.6 Å². The summed E-state index contributed by atoms with van der Waals surface area (Å²) in [6, 6.07) is 0. The van der Waals surface area contributed by atoms with E-state index in [1.807, 2.05) is 13.7 Å². The van der Waals surface area contributed by atoms with Crippen LogP contribution < -0.4 is 5.32 Å². The van der Waals surface area contributed by atoms with Gasteiger partial charge in [-0.1, -0.05) is 26.2 Å². The number of nitrogens with one attached hydrogen (secondary N) is 1. The Morgan fingerprint density at radius 2 is 2.06 bits per heavy atom. The summed E-state index contributed by atoms with van der Waals surface area (Å²) in [4.78, 5) is 11.3. The van der Waals surface area contributed by atoms with Crippen LogP contribution in [-0.2, 0) is 14.1 Å². The van der Waals surface area contributed by atoms with E-state index in [1.165, 1.54) is 19.3 Å². The van der Waals surface area contributed by atoms with E-state index in [-0.39, 0.29) is 13.0 Å². The Labute approximate surface area is 111 Å². The van der Waals surface area contributed by atoms with Gasteiger partial charge in [0.15, 0.2) is 0 Å². The monoisotopic (exact) mass is 255 g/mol. The van der Waals surface area contributed by atoms with Gasteiger partial charge in [0.1, 0.15) is 0 Å². The van der Waals surface area contributed by atoms with Crippen molar-refractivity contribution in [2.75, 3.05) is 19.8 Å². The van der Waals surface area contributed by atoms with Gasteiger partial charge in [0.2, 0.25) is 5.91 Å². The van der Waals surface area contributed by atoms with Crippen LogP contribution in [0, 0.1) is 5.92 Å². The molecule has 1 N–H and O–H groups in total. The number of hydrogen-bond acceptors (Lipinski definition) is 3. The molecule has 0 aliphatic heterocycles. The van der Waals surface area contributed by atoms with Crippen LogP contribution in [0.15, 0.2) is 0 Å². The topological polar surface area (TPSA) is 47.6 Å². The molecular formula is C13H26BNO3. The Hall–Kier alpha value is -0.545. The highest BCUT2D eigenvalue weighted by Gasteiger charge is 2.18. The van der Waals surface area contributed by atoms with E-state index in [9.17, 15) is 4.79 Å². The molecule has 0 bridgehead atoms. The van der Waals surface area contributed by atoms with E-state index < -0.39 is 0 Å². The lowest BCUT2D eigenvalue weighted by molar-refractivity contribution is -0.121. The number of carbonyl (C=O) groups excluding carboxylic acids is 1. The van der Waals surface area contributed by atoms with Gasteiger partial charge in [0.05, 0.1) is 0 Å². The molecule has 1 saturated carbocycles. The zero-order valence-electron chi connectivity index (χ0n) is 11.7. The summed E-state index contributed by atoms with van der Waals surface area (Å²) >= 11 is 0. The van der Waals surface area contributed by atoms with Crippen LogP contribution in [0.2, 0.25) is 6.82 Å². The number of hydrogen-bond donors (Lipinski definition) is 1. The van der Waals surface area contributed by atoms with Gasteiger partial charge in [-0.3, -0.25) is 4.79 Å². The first-order valence-electron chi connectivity index (χ1n) is 7.22. The zero-order chi connectivity index (χ0) is 13.2. The molecule has 0 saturated heterocycles. The predicted octanol–water partition coefficient (Wildman–Crippen LogP) is 2.24. The Morgan fingerprint density at radius 1 is 1.33 bits per heavy atom. The van der Waals surface area contributed by atoms with Crippen LogP contribution in [0.4, 0.5) is 0 Å². The van der Waals surface area contributed by atoms with Crippen molar-refractivity contribution in [3.8, 4) is 0 Å². The normalized spacial score (nSPS) is 15.2. The minimum atomic E-state index is -0.205. The summed E-state index contributed by atoms with van der Waals surface area (Å²) in [5.74, 6) is 0.926. The third kappa shape index (κ3) is 7.02. The quantitative estimate of drug-likeness (QED) is 0.609. The van der Waals surface area contributed by atoms with Gasteiger partial charge in [0, 0.05) is 26.2 Å². The van der Waals surface area contributed by atoms with Crippen LogP contribution in [0.5, 0.6) is 0 Å². The lowest BCUT2D eigenvalue weighted by Gasteiger charge is -2.25. The molecule has 0 heterocycles. The summed E-state index contributed by atoms with van der Waals surface area (Å²) in [5, 5.41) is 2.82. The van der Waals surface area contributed by atoms with Crippen LogP contribution >= 0.6 is 0 Å². The molecule has 0 spiro atoms. The number of amides is 1. The highest BCUT2D eigenvalue weighted by atomic mass is 16.6. The van der Waals surface area contributed by atoms with Gasteiger partial charge in [-0.2, -0.15) is 0 Å². The molecule has 0 radical (unpaired) electrons. The highest BCUT2D eigenvalue weighted by molar-refractivity contribution is 6.42. The maximum Gasteiger partial charge on any atom is 0.453 e.